The van der Waals surface area contributed by atoms with Crippen molar-refractivity contribution in [1.29, 1.82) is 0 Å². The van der Waals surface area contributed by atoms with Crippen LogP contribution in [0.25, 0.3) is 0 Å². The van der Waals surface area contributed by atoms with Crippen molar-refractivity contribution < 1.29 is 19.2 Å². The Labute approximate surface area is 95.8 Å². The fourth-order valence-electron chi connectivity index (χ4n) is 0.914. The maximum Gasteiger partial charge on any atom is 0.303 e. The number of pyridine rings is 1. The largest absolute Gasteiger partial charge is 0.456 e. The number of esters is 1. The van der Waals surface area contributed by atoms with Gasteiger partial charge in [0.05, 0.1) is 4.92 Å². The molecule has 0 aliphatic heterocycles. The van der Waals surface area contributed by atoms with Gasteiger partial charge in [-0.15, -0.1) is 0 Å². The van der Waals surface area contributed by atoms with Gasteiger partial charge in [0, 0.05) is 13.0 Å². The zero-order valence-electron chi connectivity index (χ0n) is 8.87. The topological polar surface area (TPSA) is 111 Å². The molecule has 0 saturated carbocycles. The molecule has 0 fully saturated rings. The number of nitrogens with one attached hydrogen (secondary N) is 1. The Balaban J connectivity index is 2.54. The van der Waals surface area contributed by atoms with Crippen molar-refractivity contribution in [3.05, 3.63) is 28.4 Å². The van der Waals surface area contributed by atoms with Gasteiger partial charge in [-0.25, -0.2) is 4.98 Å². The second-order valence-corrected chi connectivity index (χ2v) is 2.99. The fraction of sp³-hybridized carbons (Fsp3) is 0.222. The van der Waals surface area contributed by atoms with E-state index in [1.807, 2.05) is 0 Å². The molecule has 1 N–H and O–H groups in total. The number of nitro groups is 1. The van der Waals surface area contributed by atoms with E-state index in [9.17, 15) is 19.7 Å². The summed E-state index contributed by atoms with van der Waals surface area (Å²) in [7, 11) is 0. The van der Waals surface area contributed by atoms with Crippen molar-refractivity contribution in [2.75, 3.05) is 11.9 Å². The molecule has 1 aromatic rings. The van der Waals surface area contributed by atoms with E-state index in [-0.39, 0.29) is 11.5 Å². The van der Waals surface area contributed by atoms with E-state index in [1.54, 1.807) is 0 Å². The minimum atomic E-state index is -0.600. The van der Waals surface area contributed by atoms with Gasteiger partial charge in [-0.3, -0.25) is 19.7 Å². The molecule has 8 heteroatoms. The lowest BCUT2D eigenvalue weighted by Crippen LogP contribution is -2.20. The van der Waals surface area contributed by atoms with Gasteiger partial charge in [-0.05, 0) is 6.07 Å². The Morgan fingerprint density at radius 1 is 1.53 bits per heavy atom. The van der Waals surface area contributed by atoms with Gasteiger partial charge in [0.15, 0.2) is 6.61 Å². The van der Waals surface area contributed by atoms with Crippen molar-refractivity contribution in [3.63, 3.8) is 0 Å². The molecule has 0 bridgehead atoms. The number of aromatic nitrogens is 1. The van der Waals surface area contributed by atoms with Crippen LogP contribution in [0.15, 0.2) is 18.3 Å². The van der Waals surface area contributed by atoms with Gasteiger partial charge < -0.3 is 10.1 Å². The first-order chi connectivity index (χ1) is 7.99. The average molecular weight is 239 g/mol. The molecule has 17 heavy (non-hydrogen) atoms. The molecular formula is C9H9N3O5. The van der Waals surface area contributed by atoms with Crippen LogP contribution in [0.3, 0.4) is 0 Å². The molecule has 0 aromatic carbocycles. The van der Waals surface area contributed by atoms with Crippen molar-refractivity contribution in [2.45, 2.75) is 6.92 Å². The average Bonchev–Trinajstić information content (AvgIpc) is 2.27. The predicted octanol–water partition coefficient (Wildman–Crippen LogP) is 0.491. The minimum absolute atomic E-state index is 0.146. The summed E-state index contributed by atoms with van der Waals surface area (Å²) in [4.78, 5) is 35.0. The van der Waals surface area contributed by atoms with Gasteiger partial charge in [0.25, 0.3) is 11.6 Å². The third-order valence-electron chi connectivity index (χ3n) is 1.63. The van der Waals surface area contributed by atoms with Crippen LogP contribution in [0.1, 0.15) is 6.92 Å². The number of amides is 1. The lowest BCUT2D eigenvalue weighted by molar-refractivity contribution is -0.385. The molecular weight excluding hydrogens is 230 g/mol. The van der Waals surface area contributed by atoms with Crippen molar-refractivity contribution in [1.82, 2.24) is 4.98 Å². The summed E-state index contributed by atoms with van der Waals surface area (Å²) >= 11 is 0. The number of nitrogens with zero attached hydrogens (tertiary/aromatic N) is 2. The highest BCUT2D eigenvalue weighted by Crippen LogP contribution is 2.11. The number of rotatable bonds is 4. The summed E-state index contributed by atoms with van der Waals surface area (Å²) in [6.45, 7) is 0.755. The third kappa shape index (κ3) is 4.24. The van der Waals surface area contributed by atoms with Crippen molar-refractivity contribution >= 4 is 23.4 Å². The smallest absolute Gasteiger partial charge is 0.303 e. The molecule has 1 heterocycles. The van der Waals surface area contributed by atoms with E-state index in [0.717, 1.165) is 6.20 Å². The van der Waals surface area contributed by atoms with E-state index < -0.39 is 23.4 Å². The summed E-state index contributed by atoms with van der Waals surface area (Å²) in [6, 6.07) is 2.48. The fourth-order valence-corrected chi connectivity index (χ4v) is 0.914. The third-order valence-corrected chi connectivity index (χ3v) is 1.63. The SMILES string of the molecule is CC(=O)OCC(=O)Nc1ccc([N+](=O)[O-])cn1. The maximum absolute atomic E-state index is 11.2. The maximum atomic E-state index is 11.2. The van der Waals surface area contributed by atoms with E-state index >= 15 is 0 Å². The van der Waals surface area contributed by atoms with Crippen LogP contribution in [0.5, 0.6) is 0 Å². The minimum Gasteiger partial charge on any atom is -0.456 e. The normalized spacial score (nSPS) is 9.47. The second kappa shape index (κ2) is 5.54. The molecule has 1 aromatic heterocycles. The molecule has 90 valence electrons. The molecule has 0 aliphatic carbocycles. The first-order valence-electron chi connectivity index (χ1n) is 4.52. The van der Waals surface area contributed by atoms with Crippen LogP contribution in [-0.4, -0.2) is 28.4 Å². The van der Waals surface area contributed by atoms with E-state index in [2.05, 4.69) is 15.0 Å². The van der Waals surface area contributed by atoms with Crippen LogP contribution >= 0.6 is 0 Å². The van der Waals surface area contributed by atoms with Crippen LogP contribution in [0, 0.1) is 10.1 Å². The second-order valence-electron chi connectivity index (χ2n) is 2.99. The van der Waals surface area contributed by atoms with Crippen LogP contribution in [-0.2, 0) is 14.3 Å². The molecule has 0 unspecified atom stereocenters. The number of ether oxygens (including phenoxy) is 1. The summed E-state index contributed by atoms with van der Waals surface area (Å²) in [6.07, 6.45) is 1.02. The Morgan fingerprint density at radius 3 is 2.71 bits per heavy atom. The summed E-state index contributed by atoms with van der Waals surface area (Å²) in [5, 5.41) is 12.6. The molecule has 1 amide bonds. The van der Waals surface area contributed by atoms with Gasteiger partial charge in [0.2, 0.25) is 0 Å². The first-order valence-corrected chi connectivity index (χ1v) is 4.52. The molecule has 0 atom stereocenters. The number of hydrogen-bond acceptors (Lipinski definition) is 6. The van der Waals surface area contributed by atoms with Gasteiger partial charge in [-0.1, -0.05) is 0 Å². The Kier molecular flexibility index (Phi) is 4.09. The highest BCUT2D eigenvalue weighted by Gasteiger charge is 2.08. The van der Waals surface area contributed by atoms with Gasteiger partial charge in [0.1, 0.15) is 12.0 Å². The highest BCUT2D eigenvalue weighted by atomic mass is 16.6. The highest BCUT2D eigenvalue weighted by molar-refractivity contribution is 5.91. The summed E-state index contributed by atoms with van der Waals surface area (Å²) in [5.74, 6) is -0.994. The molecule has 0 aliphatic rings. The van der Waals surface area contributed by atoms with Crippen molar-refractivity contribution in [2.24, 2.45) is 0 Å². The number of carbonyl (C=O) groups excluding carboxylic acids is 2. The summed E-state index contributed by atoms with van der Waals surface area (Å²) < 4.78 is 4.45. The van der Waals surface area contributed by atoms with Gasteiger partial charge >= 0.3 is 5.97 Å². The van der Waals surface area contributed by atoms with Crippen LogP contribution in [0.2, 0.25) is 0 Å². The molecule has 1 rings (SSSR count). The lowest BCUT2D eigenvalue weighted by atomic mass is 10.4. The molecule has 0 radical (unpaired) electrons. The Bertz CT molecular complexity index is 442. The Hall–Kier alpha value is -2.51. The van der Waals surface area contributed by atoms with E-state index in [0.29, 0.717) is 0 Å². The zero-order chi connectivity index (χ0) is 12.8. The van der Waals surface area contributed by atoms with E-state index in [1.165, 1.54) is 19.1 Å². The molecule has 0 saturated heterocycles. The predicted molar refractivity (Wildman–Crippen MR) is 56.2 cm³/mol. The standard InChI is InChI=1S/C9H9N3O5/c1-6(13)17-5-9(14)11-8-3-2-7(4-10-8)12(15)16/h2-4H,5H2,1H3,(H,10,11,14). The number of carbonyl (C=O) groups is 2. The quantitative estimate of drug-likeness (QED) is 0.465. The Morgan fingerprint density at radius 2 is 2.24 bits per heavy atom. The van der Waals surface area contributed by atoms with E-state index in [4.69, 9.17) is 0 Å². The number of anilines is 1. The zero-order valence-corrected chi connectivity index (χ0v) is 8.87. The summed E-state index contributed by atoms with van der Waals surface area (Å²) in [5.41, 5.74) is -0.178. The van der Waals surface area contributed by atoms with Crippen LogP contribution < -0.4 is 5.32 Å². The molecule has 8 nitrogen and oxygen atoms in total. The van der Waals surface area contributed by atoms with Crippen molar-refractivity contribution in [3.8, 4) is 0 Å². The lowest BCUT2D eigenvalue weighted by Gasteiger charge is -2.03. The number of hydrogen-bond donors (Lipinski definition) is 1. The van der Waals surface area contributed by atoms with Gasteiger partial charge in [-0.2, -0.15) is 0 Å². The first kappa shape index (κ1) is 12.6. The monoisotopic (exact) mass is 239 g/mol. The van der Waals surface area contributed by atoms with Crippen LogP contribution in [0.4, 0.5) is 11.5 Å². The molecule has 0 spiro atoms.